The van der Waals surface area contributed by atoms with Gasteiger partial charge < -0.3 is 14.2 Å². The first kappa shape index (κ1) is 18.2. The molecule has 0 N–H and O–H groups in total. The maximum atomic E-state index is 12.7. The summed E-state index contributed by atoms with van der Waals surface area (Å²) in [6.45, 7) is 4.02. The lowest BCUT2D eigenvalue weighted by atomic mass is 10.1. The van der Waals surface area contributed by atoms with Gasteiger partial charge in [0.05, 0.1) is 24.2 Å². The van der Waals surface area contributed by atoms with E-state index in [0.717, 1.165) is 28.3 Å². The zero-order valence-electron chi connectivity index (χ0n) is 16.3. The summed E-state index contributed by atoms with van der Waals surface area (Å²) in [6.07, 6.45) is 0.375. The third-order valence-corrected chi connectivity index (χ3v) is 5.47. The number of hydrogen-bond acceptors (Lipinski definition) is 4. The fourth-order valence-electron chi connectivity index (χ4n) is 3.83. The van der Waals surface area contributed by atoms with Crippen LogP contribution in [0.5, 0.6) is 5.75 Å². The van der Waals surface area contributed by atoms with Gasteiger partial charge in [0, 0.05) is 24.6 Å². The fraction of sp³-hybridized carbons (Fsp3) is 0.318. The number of nitrogens with zero attached hydrogens (tertiary/aromatic N) is 3. The minimum Gasteiger partial charge on any atom is -0.497 e. The predicted molar refractivity (Wildman–Crippen MR) is 108 cm³/mol. The van der Waals surface area contributed by atoms with Crippen LogP contribution in [-0.4, -0.2) is 34.9 Å². The maximum absolute atomic E-state index is 12.7. The molecule has 2 unspecified atom stereocenters. The number of ether oxygens (including phenoxy) is 1. The number of anilines is 1. The van der Waals surface area contributed by atoms with Crippen molar-refractivity contribution in [1.29, 1.82) is 0 Å². The van der Waals surface area contributed by atoms with E-state index in [0.29, 0.717) is 13.0 Å². The first-order chi connectivity index (χ1) is 13.5. The molecule has 2 aromatic carbocycles. The summed E-state index contributed by atoms with van der Waals surface area (Å²) in [5.74, 6) is 1.62. The van der Waals surface area contributed by atoms with E-state index in [2.05, 4.69) is 0 Å². The van der Waals surface area contributed by atoms with Crippen LogP contribution in [0.1, 0.15) is 38.1 Å². The lowest BCUT2D eigenvalue weighted by Gasteiger charge is -2.19. The second-order valence-corrected chi connectivity index (χ2v) is 7.22. The van der Waals surface area contributed by atoms with Crippen LogP contribution in [0.2, 0.25) is 0 Å². The molecule has 1 fully saturated rings. The quantitative estimate of drug-likeness (QED) is 0.680. The molecule has 0 radical (unpaired) electrons. The highest BCUT2D eigenvalue weighted by molar-refractivity contribution is 5.96. The van der Waals surface area contributed by atoms with Crippen LogP contribution in [0.3, 0.4) is 0 Å². The van der Waals surface area contributed by atoms with Gasteiger partial charge in [-0.3, -0.25) is 9.59 Å². The number of methoxy groups -OCH3 is 1. The molecule has 0 aliphatic carbocycles. The number of carbonyl (C=O) groups excluding carboxylic acids is 2. The molecule has 1 amide bonds. The number of hydrogen-bond donors (Lipinski definition) is 0. The van der Waals surface area contributed by atoms with E-state index >= 15 is 0 Å². The van der Waals surface area contributed by atoms with Crippen molar-refractivity contribution in [3.63, 3.8) is 0 Å². The van der Waals surface area contributed by atoms with Crippen molar-refractivity contribution in [2.75, 3.05) is 18.6 Å². The van der Waals surface area contributed by atoms with E-state index in [1.807, 2.05) is 60.0 Å². The number of amides is 1. The van der Waals surface area contributed by atoms with Crippen LogP contribution in [0, 0.1) is 0 Å². The van der Waals surface area contributed by atoms with Crippen LogP contribution in [0.25, 0.3) is 11.0 Å². The SMILES string of the molecule is COc1ccc(N2CC(c3nc4ccccc4n3C(C)C(C)=O)CC2=O)cc1. The van der Waals surface area contributed by atoms with E-state index < -0.39 is 0 Å². The van der Waals surface area contributed by atoms with E-state index in [4.69, 9.17) is 9.72 Å². The summed E-state index contributed by atoms with van der Waals surface area (Å²) < 4.78 is 7.19. The predicted octanol–water partition coefficient (Wildman–Crippen LogP) is 3.72. The van der Waals surface area contributed by atoms with Crippen molar-refractivity contribution < 1.29 is 14.3 Å². The van der Waals surface area contributed by atoms with Gasteiger partial charge in [-0.2, -0.15) is 0 Å². The van der Waals surface area contributed by atoms with Gasteiger partial charge in [0.15, 0.2) is 5.78 Å². The number of benzene rings is 2. The van der Waals surface area contributed by atoms with Gasteiger partial charge in [-0.1, -0.05) is 12.1 Å². The molecule has 0 bridgehead atoms. The zero-order chi connectivity index (χ0) is 19.8. The number of carbonyl (C=O) groups is 2. The molecular weight excluding hydrogens is 354 g/mol. The molecule has 4 rings (SSSR count). The third kappa shape index (κ3) is 3.05. The number of fused-ring (bicyclic) bond motifs is 1. The number of para-hydroxylation sites is 2. The molecule has 1 aromatic heterocycles. The largest absolute Gasteiger partial charge is 0.497 e. The van der Waals surface area contributed by atoms with Crippen LogP contribution in [0.4, 0.5) is 5.69 Å². The van der Waals surface area contributed by atoms with Gasteiger partial charge in [-0.25, -0.2) is 4.98 Å². The fourth-order valence-corrected chi connectivity index (χ4v) is 3.83. The molecule has 6 nitrogen and oxygen atoms in total. The van der Waals surface area contributed by atoms with Crippen LogP contribution in [0.15, 0.2) is 48.5 Å². The Hall–Kier alpha value is -3.15. The summed E-state index contributed by atoms with van der Waals surface area (Å²) in [6, 6.07) is 15.0. The van der Waals surface area contributed by atoms with Gasteiger partial charge in [0.25, 0.3) is 0 Å². The highest BCUT2D eigenvalue weighted by Crippen LogP contribution is 2.35. The van der Waals surface area contributed by atoms with Crippen molar-refractivity contribution >= 4 is 28.4 Å². The summed E-state index contributed by atoms with van der Waals surface area (Å²) in [7, 11) is 1.62. The van der Waals surface area contributed by atoms with Gasteiger partial charge in [-0.15, -0.1) is 0 Å². The topological polar surface area (TPSA) is 64.4 Å². The Labute approximate surface area is 163 Å². The van der Waals surface area contributed by atoms with Gasteiger partial charge >= 0.3 is 0 Å². The molecule has 0 spiro atoms. The smallest absolute Gasteiger partial charge is 0.227 e. The minimum absolute atomic E-state index is 0.0595. The van der Waals surface area contributed by atoms with E-state index in [-0.39, 0.29) is 23.7 Å². The highest BCUT2D eigenvalue weighted by atomic mass is 16.5. The van der Waals surface area contributed by atoms with Crippen molar-refractivity contribution in [3.05, 3.63) is 54.4 Å². The van der Waals surface area contributed by atoms with Crippen LogP contribution in [-0.2, 0) is 9.59 Å². The second kappa shape index (κ2) is 7.11. The minimum atomic E-state index is -0.326. The second-order valence-electron chi connectivity index (χ2n) is 7.22. The van der Waals surface area contributed by atoms with Gasteiger partial charge in [-0.05, 0) is 50.2 Å². The molecule has 0 saturated carbocycles. The number of aromatic nitrogens is 2. The average Bonchev–Trinajstić information content (AvgIpc) is 3.28. The first-order valence-corrected chi connectivity index (χ1v) is 9.41. The van der Waals surface area contributed by atoms with Crippen molar-refractivity contribution in [2.45, 2.75) is 32.2 Å². The molecule has 2 atom stereocenters. The average molecular weight is 377 g/mol. The van der Waals surface area contributed by atoms with Gasteiger partial charge in [0.1, 0.15) is 11.6 Å². The molecule has 1 aliphatic rings. The summed E-state index contributed by atoms with van der Waals surface area (Å²) in [5, 5.41) is 0. The zero-order valence-corrected chi connectivity index (χ0v) is 16.3. The Kier molecular flexibility index (Phi) is 4.63. The molecule has 2 heterocycles. The first-order valence-electron chi connectivity index (χ1n) is 9.41. The number of Topliss-reactive ketones (excluding diaryl/α,β-unsaturated/α-hetero) is 1. The standard InChI is InChI=1S/C22H23N3O3/c1-14(15(2)26)25-20-7-5-4-6-19(20)23-22(25)16-12-21(27)24(13-16)17-8-10-18(28-3)11-9-17/h4-11,14,16H,12-13H2,1-3H3. The van der Waals surface area contributed by atoms with E-state index in [9.17, 15) is 9.59 Å². The summed E-state index contributed by atoms with van der Waals surface area (Å²) >= 11 is 0. The Morgan fingerprint density at radius 3 is 2.57 bits per heavy atom. The molecular formula is C22H23N3O3. The monoisotopic (exact) mass is 377 g/mol. The van der Waals surface area contributed by atoms with Crippen LogP contribution >= 0.6 is 0 Å². The van der Waals surface area contributed by atoms with Crippen molar-refractivity contribution in [2.24, 2.45) is 0 Å². The highest BCUT2D eigenvalue weighted by Gasteiger charge is 2.35. The lowest BCUT2D eigenvalue weighted by molar-refractivity contribution is -0.119. The molecule has 3 aromatic rings. The Morgan fingerprint density at radius 1 is 1.18 bits per heavy atom. The normalized spacial score (nSPS) is 17.9. The van der Waals surface area contributed by atoms with Crippen LogP contribution < -0.4 is 9.64 Å². The lowest BCUT2D eigenvalue weighted by Crippen LogP contribution is -2.25. The Bertz CT molecular complexity index is 1040. The molecule has 6 heteroatoms. The maximum Gasteiger partial charge on any atom is 0.227 e. The van der Waals surface area contributed by atoms with Crippen molar-refractivity contribution in [1.82, 2.24) is 9.55 Å². The summed E-state index contributed by atoms with van der Waals surface area (Å²) in [5.41, 5.74) is 2.62. The summed E-state index contributed by atoms with van der Waals surface area (Å²) in [4.78, 5) is 31.4. The molecule has 28 heavy (non-hydrogen) atoms. The molecule has 144 valence electrons. The molecule has 1 aliphatic heterocycles. The van der Waals surface area contributed by atoms with E-state index in [1.165, 1.54) is 0 Å². The molecule has 1 saturated heterocycles. The Morgan fingerprint density at radius 2 is 1.89 bits per heavy atom. The van der Waals surface area contributed by atoms with Gasteiger partial charge in [0.2, 0.25) is 5.91 Å². The number of ketones is 1. The Balaban J connectivity index is 1.71. The van der Waals surface area contributed by atoms with E-state index in [1.54, 1.807) is 18.9 Å². The third-order valence-electron chi connectivity index (χ3n) is 5.47. The number of rotatable bonds is 5. The van der Waals surface area contributed by atoms with Crippen molar-refractivity contribution in [3.8, 4) is 5.75 Å². The number of imidazole rings is 1.